The minimum Gasteiger partial charge on any atom is -0.350 e. The van der Waals surface area contributed by atoms with Gasteiger partial charge >= 0.3 is 6.03 Å². The van der Waals surface area contributed by atoms with E-state index in [2.05, 4.69) is 10.6 Å². The number of halogens is 1. The summed E-state index contributed by atoms with van der Waals surface area (Å²) in [5, 5.41) is 5.83. The molecule has 1 aliphatic heterocycles. The number of nitrogens with zero attached hydrogens (tertiary/aromatic N) is 1. The van der Waals surface area contributed by atoms with Gasteiger partial charge in [0.15, 0.2) is 0 Å². The normalized spacial score (nSPS) is 17.6. The van der Waals surface area contributed by atoms with Crippen LogP contribution in [0.2, 0.25) is 0 Å². The molecule has 0 saturated carbocycles. The summed E-state index contributed by atoms with van der Waals surface area (Å²) < 4.78 is 0. The Hall–Kier alpha value is -1.79. The van der Waals surface area contributed by atoms with Crippen LogP contribution < -0.4 is 16.4 Å². The minimum atomic E-state index is -0.425. The number of hydrogen-bond acceptors (Lipinski definition) is 3. The van der Waals surface area contributed by atoms with Crippen LogP contribution in [0.15, 0.2) is 30.3 Å². The summed E-state index contributed by atoms with van der Waals surface area (Å²) in [5.74, 6) is -0.214. The molecular weight excluding hydrogens is 328 g/mol. The van der Waals surface area contributed by atoms with Gasteiger partial charge in [-0.1, -0.05) is 18.2 Å². The summed E-state index contributed by atoms with van der Waals surface area (Å²) in [5.41, 5.74) is 5.99. The van der Waals surface area contributed by atoms with E-state index >= 15 is 0 Å². The van der Waals surface area contributed by atoms with Gasteiger partial charge in [-0.2, -0.15) is 0 Å². The lowest BCUT2D eigenvalue weighted by Crippen LogP contribution is -2.54. The van der Waals surface area contributed by atoms with Gasteiger partial charge in [-0.25, -0.2) is 4.79 Å². The number of piperidine rings is 1. The summed E-state index contributed by atoms with van der Waals surface area (Å²) in [6.45, 7) is 5.28. The SMILES string of the molecule is CC(C)(CN)NC(=O)C1CCCN(C(=O)Nc2ccccc2)C1.Cl. The molecule has 0 spiro atoms. The number of urea groups is 1. The Bertz CT molecular complexity index is 551. The van der Waals surface area contributed by atoms with E-state index in [4.69, 9.17) is 5.73 Å². The largest absolute Gasteiger partial charge is 0.350 e. The van der Waals surface area contributed by atoms with E-state index in [1.165, 1.54) is 0 Å². The van der Waals surface area contributed by atoms with E-state index in [1.807, 2.05) is 44.2 Å². The number of benzene rings is 1. The molecule has 2 rings (SSSR count). The number of nitrogens with two attached hydrogens (primary N) is 1. The van der Waals surface area contributed by atoms with Crippen LogP contribution in [0.25, 0.3) is 0 Å². The first-order valence-corrected chi connectivity index (χ1v) is 8.04. The molecule has 24 heavy (non-hydrogen) atoms. The molecule has 1 heterocycles. The Morgan fingerprint density at radius 1 is 1.29 bits per heavy atom. The quantitative estimate of drug-likeness (QED) is 0.774. The summed E-state index contributed by atoms with van der Waals surface area (Å²) in [6, 6.07) is 9.17. The number of carbonyl (C=O) groups is 2. The molecule has 4 N–H and O–H groups in total. The number of likely N-dealkylation sites (tertiary alicyclic amines) is 1. The van der Waals surface area contributed by atoms with Crippen LogP contribution in [0.4, 0.5) is 10.5 Å². The number of para-hydroxylation sites is 1. The van der Waals surface area contributed by atoms with Gasteiger partial charge < -0.3 is 21.3 Å². The van der Waals surface area contributed by atoms with Crippen LogP contribution >= 0.6 is 12.4 Å². The Morgan fingerprint density at radius 2 is 1.96 bits per heavy atom. The number of carbonyl (C=O) groups excluding carboxylic acids is 2. The number of anilines is 1. The molecule has 1 atom stereocenters. The van der Waals surface area contributed by atoms with Gasteiger partial charge in [-0.15, -0.1) is 12.4 Å². The molecule has 1 aromatic carbocycles. The fourth-order valence-electron chi connectivity index (χ4n) is 2.59. The van der Waals surface area contributed by atoms with Crippen molar-refractivity contribution in [2.24, 2.45) is 11.7 Å². The van der Waals surface area contributed by atoms with Crippen LogP contribution in [0.1, 0.15) is 26.7 Å². The molecule has 0 bridgehead atoms. The van der Waals surface area contributed by atoms with Crippen molar-refractivity contribution in [2.45, 2.75) is 32.2 Å². The number of amides is 3. The molecule has 1 aliphatic rings. The molecule has 1 aromatic rings. The van der Waals surface area contributed by atoms with Crippen molar-refractivity contribution in [3.63, 3.8) is 0 Å². The zero-order chi connectivity index (χ0) is 16.9. The minimum absolute atomic E-state index is 0. The lowest BCUT2D eigenvalue weighted by atomic mass is 9.95. The van der Waals surface area contributed by atoms with Crippen LogP contribution in [-0.4, -0.2) is 42.0 Å². The number of hydrogen-bond donors (Lipinski definition) is 3. The maximum atomic E-state index is 12.4. The average Bonchev–Trinajstić information content (AvgIpc) is 2.55. The Labute approximate surface area is 149 Å². The molecular formula is C17H27ClN4O2. The summed E-state index contributed by atoms with van der Waals surface area (Å²) in [6.07, 6.45) is 1.62. The molecule has 134 valence electrons. The number of rotatable bonds is 4. The first-order valence-electron chi connectivity index (χ1n) is 8.04. The molecule has 6 nitrogen and oxygen atoms in total. The van der Waals surface area contributed by atoms with Crippen molar-refractivity contribution < 1.29 is 9.59 Å². The van der Waals surface area contributed by atoms with Gasteiger partial charge in [-0.05, 0) is 38.8 Å². The third kappa shape index (κ3) is 5.69. The first kappa shape index (κ1) is 20.3. The third-order valence-electron chi connectivity index (χ3n) is 4.08. The van der Waals surface area contributed by atoms with E-state index in [-0.39, 0.29) is 30.3 Å². The predicted octanol–water partition coefficient (Wildman–Crippen LogP) is 2.21. The summed E-state index contributed by atoms with van der Waals surface area (Å²) in [4.78, 5) is 26.4. The highest BCUT2D eigenvalue weighted by Crippen LogP contribution is 2.19. The van der Waals surface area contributed by atoms with Gasteiger partial charge in [0.25, 0.3) is 0 Å². The van der Waals surface area contributed by atoms with Gasteiger partial charge in [-0.3, -0.25) is 4.79 Å². The Kier molecular flexibility index (Phi) is 7.51. The van der Waals surface area contributed by atoms with Crippen LogP contribution in [0.3, 0.4) is 0 Å². The molecule has 7 heteroatoms. The first-order chi connectivity index (χ1) is 10.9. The Morgan fingerprint density at radius 3 is 2.58 bits per heavy atom. The van der Waals surface area contributed by atoms with Gasteiger partial charge in [0, 0.05) is 30.9 Å². The monoisotopic (exact) mass is 354 g/mol. The zero-order valence-corrected chi connectivity index (χ0v) is 15.1. The second-order valence-corrected chi connectivity index (χ2v) is 6.66. The van der Waals surface area contributed by atoms with E-state index in [0.29, 0.717) is 19.6 Å². The fourth-order valence-corrected chi connectivity index (χ4v) is 2.59. The van der Waals surface area contributed by atoms with Crippen molar-refractivity contribution in [1.82, 2.24) is 10.2 Å². The third-order valence-corrected chi connectivity index (χ3v) is 4.08. The van der Waals surface area contributed by atoms with Crippen molar-refractivity contribution in [3.8, 4) is 0 Å². The lowest BCUT2D eigenvalue weighted by Gasteiger charge is -2.34. The summed E-state index contributed by atoms with van der Waals surface area (Å²) >= 11 is 0. The number of nitrogens with one attached hydrogen (secondary N) is 2. The second-order valence-electron chi connectivity index (χ2n) is 6.66. The highest BCUT2D eigenvalue weighted by atomic mass is 35.5. The molecule has 0 radical (unpaired) electrons. The molecule has 1 unspecified atom stereocenters. The maximum Gasteiger partial charge on any atom is 0.321 e. The van der Waals surface area contributed by atoms with Crippen molar-refractivity contribution in [1.29, 1.82) is 0 Å². The molecule has 0 aromatic heterocycles. The van der Waals surface area contributed by atoms with E-state index < -0.39 is 5.54 Å². The highest BCUT2D eigenvalue weighted by molar-refractivity contribution is 5.90. The van der Waals surface area contributed by atoms with Crippen molar-refractivity contribution in [3.05, 3.63) is 30.3 Å². The van der Waals surface area contributed by atoms with Gasteiger partial charge in [0.1, 0.15) is 0 Å². The van der Waals surface area contributed by atoms with Crippen LogP contribution in [-0.2, 0) is 4.79 Å². The maximum absolute atomic E-state index is 12.4. The molecule has 0 aliphatic carbocycles. The van der Waals surface area contributed by atoms with E-state index in [0.717, 1.165) is 18.5 Å². The van der Waals surface area contributed by atoms with Gasteiger partial charge in [0.05, 0.1) is 5.92 Å². The predicted molar refractivity (Wildman–Crippen MR) is 98.3 cm³/mol. The molecule has 1 fully saturated rings. The van der Waals surface area contributed by atoms with E-state index in [1.54, 1.807) is 4.90 Å². The zero-order valence-electron chi connectivity index (χ0n) is 14.2. The standard InChI is InChI=1S/C17H26N4O2.ClH/c1-17(2,12-18)20-15(22)13-7-6-10-21(11-13)16(23)19-14-8-4-3-5-9-14;/h3-5,8-9,13H,6-7,10-12,18H2,1-2H3,(H,19,23)(H,20,22);1H. The smallest absolute Gasteiger partial charge is 0.321 e. The van der Waals surface area contributed by atoms with Gasteiger partial charge in [0.2, 0.25) is 5.91 Å². The topological polar surface area (TPSA) is 87.5 Å². The Balaban J connectivity index is 0.00000288. The lowest BCUT2D eigenvalue weighted by molar-refractivity contribution is -0.127. The second kappa shape index (κ2) is 8.89. The fraction of sp³-hybridized carbons (Fsp3) is 0.529. The molecule has 1 saturated heterocycles. The van der Waals surface area contributed by atoms with E-state index in [9.17, 15) is 9.59 Å². The highest BCUT2D eigenvalue weighted by Gasteiger charge is 2.30. The van der Waals surface area contributed by atoms with Crippen LogP contribution in [0.5, 0.6) is 0 Å². The average molecular weight is 355 g/mol. The van der Waals surface area contributed by atoms with Crippen LogP contribution in [0, 0.1) is 5.92 Å². The van der Waals surface area contributed by atoms with Crippen molar-refractivity contribution >= 4 is 30.0 Å². The summed E-state index contributed by atoms with van der Waals surface area (Å²) in [7, 11) is 0. The van der Waals surface area contributed by atoms with Crippen molar-refractivity contribution in [2.75, 3.05) is 25.0 Å². The molecule has 3 amide bonds.